The Bertz CT molecular complexity index is 194. The van der Waals surface area contributed by atoms with Gasteiger partial charge in [-0.15, -0.1) is 0 Å². The lowest BCUT2D eigenvalue weighted by molar-refractivity contribution is -0.127. The molecule has 0 saturated carbocycles. The van der Waals surface area contributed by atoms with Gasteiger partial charge in [-0.25, -0.2) is 0 Å². The molecule has 0 aliphatic carbocycles. The second-order valence-electron chi connectivity index (χ2n) is 4.26. The summed E-state index contributed by atoms with van der Waals surface area (Å²) in [7, 11) is 0. The van der Waals surface area contributed by atoms with Crippen molar-refractivity contribution in [3.8, 4) is 0 Å². The molecule has 1 aliphatic rings. The number of nitrogens with zero attached hydrogens (tertiary/aromatic N) is 1. The predicted molar refractivity (Wildman–Crippen MR) is 57.8 cm³/mol. The molecule has 0 aromatic carbocycles. The number of nitrogens with two attached hydrogens (primary N) is 1. The van der Waals surface area contributed by atoms with Crippen molar-refractivity contribution < 1.29 is 4.79 Å². The molecule has 2 atom stereocenters. The Morgan fingerprint density at radius 2 is 2.36 bits per heavy atom. The zero-order valence-electron chi connectivity index (χ0n) is 9.33. The summed E-state index contributed by atoms with van der Waals surface area (Å²) in [6.07, 6.45) is 3.46. The van der Waals surface area contributed by atoms with Crippen LogP contribution >= 0.6 is 0 Å². The predicted octanol–water partition coefficient (Wildman–Crippen LogP) is 1.23. The SMILES string of the molecule is CCC(CCN)C1CCN(C(C)=O)C1. The highest BCUT2D eigenvalue weighted by Gasteiger charge is 2.28. The minimum absolute atomic E-state index is 0.218. The van der Waals surface area contributed by atoms with Gasteiger partial charge < -0.3 is 10.6 Å². The Kier molecular flexibility index (Phi) is 4.39. The van der Waals surface area contributed by atoms with Crippen LogP contribution in [0.3, 0.4) is 0 Å². The molecule has 0 bridgehead atoms. The molecule has 2 unspecified atom stereocenters. The number of carbonyl (C=O) groups is 1. The summed E-state index contributed by atoms with van der Waals surface area (Å²) in [6, 6.07) is 0. The molecule has 1 heterocycles. The van der Waals surface area contributed by atoms with Crippen molar-refractivity contribution in [2.45, 2.75) is 33.1 Å². The van der Waals surface area contributed by atoms with Gasteiger partial charge in [0, 0.05) is 20.0 Å². The third-order valence-electron chi connectivity index (χ3n) is 3.40. The van der Waals surface area contributed by atoms with E-state index in [0.29, 0.717) is 11.8 Å². The molecule has 0 spiro atoms. The minimum atomic E-state index is 0.218. The largest absolute Gasteiger partial charge is 0.343 e. The molecule has 1 amide bonds. The maximum Gasteiger partial charge on any atom is 0.219 e. The lowest BCUT2D eigenvalue weighted by Gasteiger charge is -2.21. The van der Waals surface area contributed by atoms with Crippen LogP contribution in [0.15, 0.2) is 0 Å². The summed E-state index contributed by atoms with van der Waals surface area (Å²) in [5, 5.41) is 0. The number of rotatable bonds is 4. The van der Waals surface area contributed by atoms with E-state index in [0.717, 1.165) is 32.5 Å². The molecule has 1 aliphatic heterocycles. The van der Waals surface area contributed by atoms with Crippen LogP contribution in [0.4, 0.5) is 0 Å². The molecule has 1 fully saturated rings. The fourth-order valence-corrected chi connectivity index (χ4v) is 2.45. The fraction of sp³-hybridized carbons (Fsp3) is 0.909. The van der Waals surface area contributed by atoms with Crippen molar-refractivity contribution in [2.24, 2.45) is 17.6 Å². The van der Waals surface area contributed by atoms with E-state index in [4.69, 9.17) is 5.73 Å². The Morgan fingerprint density at radius 3 is 2.79 bits per heavy atom. The maximum absolute atomic E-state index is 11.2. The first-order valence-electron chi connectivity index (χ1n) is 5.64. The first kappa shape index (κ1) is 11.5. The van der Waals surface area contributed by atoms with Gasteiger partial charge in [-0.05, 0) is 31.2 Å². The lowest BCUT2D eigenvalue weighted by atomic mass is 9.87. The van der Waals surface area contributed by atoms with Gasteiger partial charge in [0.15, 0.2) is 0 Å². The Balaban J connectivity index is 2.42. The van der Waals surface area contributed by atoms with Gasteiger partial charge >= 0.3 is 0 Å². The van der Waals surface area contributed by atoms with Crippen molar-refractivity contribution >= 4 is 5.91 Å². The molecule has 0 aromatic heterocycles. The Hall–Kier alpha value is -0.570. The summed E-state index contributed by atoms with van der Waals surface area (Å²) in [5.74, 6) is 1.62. The van der Waals surface area contributed by atoms with Gasteiger partial charge in [-0.2, -0.15) is 0 Å². The topological polar surface area (TPSA) is 46.3 Å². The van der Waals surface area contributed by atoms with Crippen LogP contribution in [0, 0.1) is 11.8 Å². The average molecular weight is 198 g/mol. The first-order valence-corrected chi connectivity index (χ1v) is 5.64. The summed E-state index contributed by atoms with van der Waals surface area (Å²) >= 11 is 0. The van der Waals surface area contributed by atoms with Gasteiger partial charge in [-0.3, -0.25) is 4.79 Å². The van der Waals surface area contributed by atoms with Crippen LogP contribution in [0.5, 0.6) is 0 Å². The molecule has 2 N–H and O–H groups in total. The number of likely N-dealkylation sites (tertiary alicyclic amines) is 1. The number of hydrogen-bond donors (Lipinski definition) is 1. The zero-order chi connectivity index (χ0) is 10.6. The maximum atomic E-state index is 11.2. The Morgan fingerprint density at radius 1 is 1.64 bits per heavy atom. The van der Waals surface area contributed by atoms with E-state index >= 15 is 0 Å². The highest BCUT2D eigenvalue weighted by atomic mass is 16.2. The third kappa shape index (κ3) is 2.71. The second-order valence-corrected chi connectivity index (χ2v) is 4.26. The zero-order valence-corrected chi connectivity index (χ0v) is 9.33. The van der Waals surface area contributed by atoms with Crippen LogP contribution in [-0.2, 0) is 4.79 Å². The van der Waals surface area contributed by atoms with E-state index in [2.05, 4.69) is 6.92 Å². The molecule has 0 radical (unpaired) electrons. The van der Waals surface area contributed by atoms with Crippen LogP contribution in [-0.4, -0.2) is 30.4 Å². The molecule has 1 saturated heterocycles. The van der Waals surface area contributed by atoms with E-state index in [1.807, 2.05) is 4.90 Å². The van der Waals surface area contributed by atoms with Gasteiger partial charge in [0.2, 0.25) is 5.91 Å². The van der Waals surface area contributed by atoms with Gasteiger partial charge in [0.1, 0.15) is 0 Å². The van der Waals surface area contributed by atoms with Gasteiger partial charge in [0.25, 0.3) is 0 Å². The van der Waals surface area contributed by atoms with Crippen molar-refractivity contribution in [3.05, 3.63) is 0 Å². The van der Waals surface area contributed by atoms with Gasteiger partial charge in [-0.1, -0.05) is 13.3 Å². The van der Waals surface area contributed by atoms with Crippen LogP contribution in [0.25, 0.3) is 0 Å². The quantitative estimate of drug-likeness (QED) is 0.738. The normalized spacial score (nSPS) is 23.9. The molecule has 14 heavy (non-hydrogen) atoms. The number of amides is 1. The number of hydrogen-bond acceptors (Lipinski definition) is 2. The highest BCUT2D eigenvalue weighted by molar-refractivity contribution is 5.73. The van der Waals surface area contributed by atoms with Crippen molar-refractivity contribution in [1.82, 2.24) is 4.90 Å². The fourth-order valence-electron chi connectivity index (χ4n) is 2.45. The first-order chi connectivity index (χ1) is 6.69. The summed E-state index contributed by atoms with van der Waals surface area (Å²) < 4.78 is 0. The molecule has 82 valence electrons. The van der Waals surface area contributed by atoms with Gasteiger partial charge in [0.05, 0.1) is 0 Å². The third-order valence-corrected chi connectivity index (χ3v) is 3.40. The molecular formula is C11H22N2O. The summed E-state index contributed by atoms with van der Waals surface area (Å²) in [6.45, 7) is 6.55. The lowest BCUT2D eigenvalue weighted by Crippen LogP contribution is -2.27. The van der Waals surface area contributed by atoms with E-state index in [9.17, 15) is 4.79 Å². The number of carbonyl (C=O) groups excluding carboxylic acids is 1. The highest BCUT2D eigenvalue weighted by Crippen LogP contribution is 2.28. The van der Waals surface area contributed by atoms with E-state index < -0.39 is 0 Å². The smallest absolute Gasteiger partial charge is 0.219 e. The standard InChI is InChI=1S/C11H22N2O/c1-3-10(4-6-12)11-5-7-13(8-11)9(2)14/h10-11H,3-8,12H2,1-2H3. The molecule has 0 aromatic rings. The van der Waals surface area contributed by atoms with Crippen molar-refractivity contribution in [2.75, 3.05) is 19.6 Å². The van der Waals surface area contributed by atoms with Crippen LogP contribution in [0.2, 0.25) is 0 Å². The van der Waals surface area contributed by atoms with E-state index in [1.54, 1.807) is 6.92 Å². The molecule has 3 nitrogen and oxygen atoms in total. The molecular weight excluding hydrogens is 176 g/mol. The van der Waals surface area contributed by atoms with E-state index in [-0.39, 0.29) is 5.91 Å². The van der Waals surface area contributed by atoms with E-state index in [1.165, 1.54) is 6.42 Å². The van der Waals surface area contributed by atoms with Crippen LogP contribution < -0.4 is 5.73 Å². The monoisotopic (exact) mass is 198 g/mol. The van der Waals surface area contributed by atoms with Crippen molar-refractivity contribution in [1.29, 1.82) is 0 Å². The summed E-state index contributed by atoms with van der Waals surface area (Å²) in [4.78, 5) is 13.1. The van der Waals surface area contributed by atoms with Crippen LogP contribution in [0.1, 0.15) is 33.1 Å². The van der Waals surface area contributed by atoms with Crippen molar-refractivity contribution in [3.63, 3.8) is 0 Å². The second kappa shape index (κ2) is 5.35. The Labute approximate surface area is 86.6 Å². The molecule has 1 rings (SSSR count). The average Bonchev–Trinajstić information content (AvgIpc) is 2.63. The summed E-state index contributed by atoms with van der Waals surface area (Å²) in [5.41, 5.74) is 5.59. The molecule has 3 heteroatoms. The minimum Gasteiger partial charge on any atom is -0.343 e.